The smallest absolute Gasteiger partial charge is 0.149 e. The Morgan fingerprint density at radius 2 is 2.24 bits per heavy atom. The van der Waals surface area contributed by atoms with E-state index in [0.29, 0.717) is 9.48 Å². The number of aliphatic hydroxyl groups is 1. The van der Waals surface area contributed by atoms with E-state index in [4.69, 9.17) is 11.6 Å². The summed E-state index contributed by atoms with van der Waals surface area (Å²) in [6.45, 7) is 1.82. The molecule has 1 N–H and O–H groups in total. The molecule has 2 rings (SSSR count). The second-order valence-corrected chi connectivity index (χ2v) is 5.62. The summed E-state index contributed by atoms with van der Waals surface area (Å²) in [6.07, 6.45) is -1.08. The van der Waals surface area contributed by atoms with Gasteiger partial charge in [0.2, 0.25) is 0 Å². The molecular weight excluding hydrogens is 329 g/mol. The summed E-state index contributed by atoms with van der Waals surface area (Å²) in [6, 6.07) is 3.09. The third-order valence-electron chi connectivity index (χ3n) is 2.23. The number of nitrogens with zero attached hydrogens (tertiary/aromatic N) is 1. The molecule has 1 atom stereocenters. The van der Waals surface area contributed by atoms with E-state index in [1.54, 1.807) is 11.4 Å². The molecule has 2 nitrogen and oxygen atoms in total. The average Bonchev–Trinajstić information content (AvgIpc) is 2.72. The number of benzene rings is 1. The summed E-state index contributed by atoms with van der Waals surface area (Å²) in [5.41, 5.74) is 0.931. The number of rotatable bonds is 2. The fourth-order valence-electron chi connectivity index (χ4n) is 1.38. The molecule has 0 saturated carbocycles. The minimum atomic E-state index is -1.08. The predicted octanol–water partition coefficient (Wildman–Crippen LogP) is 4.09. The van der Waals surface area contributed by atoms with Gasteiger partial charge in [-0.2, -0.15) is 0 Å². The van der Waals surface area contributed by atoms with Gasteiger partial charge in [-0.15, -0.1) is 11.3 Å². The summed E-state index contributed by atoms with van der Waals surface area (Å²) in [5, 5.41) is 12.3. The lowest BCUT2D eigenvalue weighted by molar-refractivity contribution is 0.214. The highest BCUT2D eigenvalue weighted by molar-refractivity contribution is 9.10. The molecule has 17 heavy (non-hydrogen) atoms. The molecule has 0 aliphatic heterocycles. The first-order valence-corrected chi connectivity index (χ1v) is 6.79. The van der Waals surface area contributed by atoms with Gasteiger partial charge in [-0.25, -0.2) is 9.37 Å². The van der Waals surface area contributed by atoms with Crippen LogP contribution in [0.4, 0.5) is 4.39 Å². The molecule has 0 amide bonds. The zero-order valence-electron chi connectivity index (χ0n) is 8.75. The van der Waals surface area contributed by atoms with Crippen LogP contribution in [0, 0.1) is 12.7 Å². The number of halogens is 3. The van der Waals surface area contributed by atoms with Gasteiger partial charge in [0.25, 0.3) is 0 Å². The SMILES string of the molecule is Cc1csc(C(O)c2ccc(Br)c(Cl)c2F)n1. The lowest BCUT2D eigenvalue weighted by Crippen LogP contribution is -2.03. The van der Waals surface area contributed by atoms with E-state index in [1.165, 1.54) is 17.4 Å². The molecular formula is C11H8BrClFNOS. The van der Waals surface area contributed by atoms with Crippen molar-refractivity contribution < 1.29 is 9.50 Å². The van der Waals surface area contributed by atoms with Gasteiger partial charge in [0, 0.05) is 21.1 Å². The number of hydrogen-bond donors (Lipinski definition) is 1. The number of thiazole rings is 1. The lowest BCUT2D eigenvalue weighted by Gasteiger charge is -2.10. The summed E-state index contributed by atoms with van der Waals surface area (Å²) in [4.78, 5) is 4.13. The van der Waals surface area contributed by atoms with Crippen molar-refractivity contribution in [1.29, 1.82) is 0 Å². The summed E-state index contributed by atoms with van der Waals surface area (Å²) in [7, 11) is 0. The van der Waals surface area contributed by atoms with E-state index < -0.39 is 11.9 Å². The lowest BCUT2D eigenvalue weighted by atomic mass is 10.1. The van der Waals surface area contributed by atoms with Gasteiger partial charge < -0.3 is 5.11 Å². The van der Waals surface area contributed by atoms with E-state index in [1.807, 2.05) is 6.92 Å². The van der Waals surface area contributed by atoms with Crippen LogP contribution in [0.2, 0.25) is 5.02 Å². The topological polar surface area (TPSA) is 33.1 Å². The molecule has 0 aliphatic rings. The Kier molecular flexibility index (Phi) is 3.82. The molecule has 1 aromatic heterocycles. The largest absolute Gasteiger partial charge is 0.381 e. The Labute approximate surface area is 115 Å². The van der Waals surface area contributed by atoms with Crippen molar-refractivity contribution in [1.82, 2.24) is 4.98 Å². The summed E-state index contributed by atoms with van der Waals surface area (Å²) >= 11 is 10.2. The fourth-order valence-corrected chi connectivity index (χ4v) is 2.66. The van der Waals surface area contributed by atoms with Gasteiger partial charge >= 0.3 is 0 Å². The third kappa shape index (κ3) is 2.52. The molecule has 0 aliphatic carbocycles. The van der Waals surface area contributed by atoms with Gasteiger partial charge in [-0.3, -0.25) is 0 Å². The Bertz CT molecular complexity index is 560. The van der Waals surface area contributed by atoms with Crippen LogP contribution in [-0.4, -0.2) is 10.1 Å². The number of aromatic nitrogens is 1. The first kappa shape index (κ1) is 13.0. The molecule has 90 valence electrons. The maximum atomic E-state index is 13.9. The summed E-state index contributed by atoms with van der Waals surface area (Å²) < 4.78 is 14.3. The molecule has 6 heteroatoms. The molecule has 1 aromatic carbocycles. The van der Waals surface area contributed by atoms with E-state index in [2.05, 4.69) is 20.9 Å². The molecule has 0 fully saturated rings. The summed E-state index contributed by atoms with van der Waals surface area (Å²) in [5.74, 6) is -0.624. The zero-order chi connectivity index (χ0) is 12.6. The van der Waals surface area contributed by atoms with Gasteiger partial charge in [0.1, 0.15) is 16.9 Å². The quantitative estimate of drug-likeness (QED) is 0.838. The molecule has 0 bridgehead atoms. The standard InChI is InChI=1S/C11H8BrClFNOS/c1-5-4-17-11(15-5)10(16)6-2-3-7(12)8(13)9(6)14/h2-4,10,16H,1H3. The number of aliphatic hydroxyl groups excluding tert-OH is 1. The van der Waals surface area contributed by atoms with Crippen molar-refractivity contribution in [3.8, 4) is 0 Å². The first-order valence-electron chi connectivity index (χ1n) is 4.74. The minimum absolute atomic E-state index is 0.0326. The second-order valence-electron chi connectivity index (χ2n) is 3.49. The maximum absolute atomic E-state index is 13.9. The predicted molar refractivity (Wildman–Crippen MR) is 70.0 cm³/mol. The highest BCUT2D eigenvalue weighted by atomic mass is 79.9. The van der Waals surface area contributed by atoms with E-state index in [-0.39, 0.29) is 10.6 Å². The van der Waals surface area contributed by atoms with Crippen molar-refractivity contribution in [2.45, 2.75) is 13.0 Å². The normalized spacial score (nSPS) is 12.8. The Balaban J connectivity index is 2.44. The molecule has 2 aromatic rings. The Morgan fingerprint density at radius 1 is 1.53 bits per heavy atom. The third-order valence-corrected chi connectivity index (χ3v) is 4.50. The monoisotopic (exact) mass is 335 g/mol. The van der Waals surface area contributed by atoms with Gasteiger partial charge in [-0.1, -0.05) is 17.7 Å². The van der Waals surface area contributed by atoms with Gasteiger partial charge in [-0.05, 0) is 28.9 Å². The molecule has 1 unspecified atom stereocenters. The number of aryl methyl sites for hydroxylation is 1. The maximum Gasteiger partial charge on any atom is 0.149 e. The van der Waals surface area contributed by atoms with Gasteiger partial charge in [0.15, 0.2) is 0 Å². The molecule has 0 spiro atoms. The fraction of sp³-hybridized carbons (Fsp3) is 0.182. The van der Waals surface area contributed by atoms with E-state index in [9.17, 15) is 9.50 Å². The van der Waals surface area contributed by atoms with Crippen LogP contribution in [0.15, 0.2) is 22.0 Å². The van der Waals surface area contributed by atoms with Gasteiger partial charge in [0.05, 0.1) is 5.02 Å². The highest BCUT2D eigenvalue weighted by Crippen LogP contribution is 2.33. The van der Waals surface area contributed by atoms with Crippen LogP contribution >= 0.6 is 38.9 Å². The zero-order valence-corrected chi connectivity index (χ0v) is 11.9. The minimum Gasteiger partial charge on any atom is -0.381 e. The van der Waals surface area contributed by atoms with E-state index in [0.717, 1.165) is 5.69 Å². The Hall–Kier alpha value is -0.490. The van der Waals surface area contributed by atoms with Crippen molar-refractivity contribution in [3.05, 3.63) is 49.1 Å². The van der Waals surface area contributed by atoms with Crippen molar-refractivity contribution in [2.24, 2.45) is 0 Å². The highest BCUT2D eigenvalue weighted by Gasteiger charge is 2.20. The van der Waals surface area contributed by atoms with E-state index >= 15 is 0 Å². The van der Waals surface area contributed by atoms with Crippen LogP contribution in [-0.2, 0) is 0 Å². The molecule has 0 radical (unpaired) electrons. The Morgan fingerprint density at radius 3 is 2.82 bits per heavy atom. The van der Waals surface area contributed by atoms with Crippen LogP contribution in [0.3, 0.4) is 0 Å². The number of hydrogen-bond acceptors (Lipinski definition) is 3. The second kappa shape index (κ2) is 5.02. The molecule has 0 saturated heterocycles. The van der Waals surface area contributed by atoms with Crippen LogP contribution in [0.5, 0.6) is 0 Å². The van der Waals surface area contributed by atoms with Crippen LogP contribution in [0.1, 0.15) is 22.4 Å². The van der Waals surface area contributed by atoms with Crippen molar-refractivity contribution in [2.75, 3.05) is 0 Å². The van der Waals surface area contributed by atoms with Crippen molar-refractivity contribution in [3.63, 3.8) is 0 Å². The average molecular weight is 337 g/mol. The van der Waals surface area contributed by atoms with Crippen molar-refractivity contribution >= 4 is 38.9 Å². The van der Waals surface area contributed by atoms with Crippen LogP contribution < -0.4 is 0 Å². The van der Waals surface area contributed by atoms with Crippen LogP contribution in [0.25, 0.3) is 0 Å². The first-order chi connectivity index (χ1) is 8.00. The molecule has 1 heterocycles.